The topological polar surface area (TPSA) is 44.8 Å². The van der Waals surface area contributed by atoms with Crippen molar-refractivity contribution in [1.82, 2.24) is 0 Å². The second kappa shape index (κ2) is 6.73. The van der Waals surface area contributed by atoms with E-state index in [1.54, 1.807) is 37.4 Å². The van der Waals surface area contributed by atoms with Crippen molar-refractivity contribution in [2.45, 2.75) is 26.2 Å². The van der Waals surface area contributed by atoms with Crippen LogP contribution >= 0.6 is 0 Å². The van der Waals surface area contributed by atoms with Crippen molar-refractivity contribution in [3.8, 4) is 17.2 Å². The van der Waals surface area contributed by atoms with Crippen molar-refractivity contribution in [1.29, 1.82) is 0 Å². The summed E-state index contributed by atoms with van der Waals surface area (Å²) in [5.41, 5.74) is 1.65. The summed E-state index contributed by atoms with van der Waals surface area (Å²) < 4.78 is 15.8. The average molecular weight is 314 g/mol. The molecule has 4 nitrogen and oxygen atoms in total. The molecule has 0 heterocycles. The zero-order chi connectivity index (χ0) is 17.0. The quantitative estimate of drug-likeness (QED) is 0.626. The Bertz CT molecular complexity index is 682. The number of carbonyl (C=O) groups excluding carboxylic acids is 1. The highest BCUT2D eigenvalue weighted by Gasteiger charge is 2.15. The van der Waals surface area contributed by atoms with Crippen LogP contribution in [0.15, 0.2) is 42.5 Å². The first-order valence-electron chi connectivity index (χ1n) is 7.40. The van der Waals surface area contributed by atoms with Gasteiger partial charge in [-0.25, -0.2) is 4.79 Å². The van der Waals surface area contributed by atoms with Gasteiger partial charge in [0.05, 0.1) is 19.8 Å². The lowest BCUT2D eigenvalue weighted by Crippen LogP contribution is -2.12. The summed E-state index contributed by atoms with van der Waals surface area (Å²) in [6.45, 7) is 6.41. The molecule has 0 unspecified atom stereocenters. The summed E-state index contributed by atoms with van der Waals surface area (Å²) in [7, 11) is 3.07. The van der Waals surface area contributed by atoms with Crippen LogP contribution in [-0.2, 0) is 5.41 Å². The maximum atomic E-state index is 12.2. The van der Waals surface area contributed by atoms with E-state index in [1.807, 2.05) is 12.1 Å². The molecule has 0 spiro atoms. The van der Waals surface area contributed by atoms with E-state index in [0.29, 0.717) is 22.8 Å². The number of ether oxygens (including phenoxy) is 3. The van der Waals surface area contributed by atoms with E-state index >= 15 is 0 Å². The molecule has 2 rings (SSSR count). The van der Waals surface area contributed by atoms with Gasteiger partial charge in [-0.1, -0.05) is 32.9 Å². The lowest BCUT2D eigenvalue weighted by atomic mass is 9.87. The van der Waals surface area contributed by atoms with Gasteiger partial charge in [-0.3, -0.25) is 0 Å². The van der Waals surface area contributed by atoms with Gasteiger partial charge in [0.15, 0.2) is 11.5 Å². The predicted molar refractivity (Wildman–Crippen MR) is 89.6 cm³/mol. The van der Waals surface area contributed by atoms with Crippen molar-refractivity contribution in [2.24, 2.45) is 0 Å². The minimum atomic E-state index is -0.436. The molecule has 2 aromatic carbocycles. The lowest BCUT2D eigenvalue weighted by molar-refractivity contribution is 0.0734. The first kappa shape index (κ1) is 16.9. The second-order valence-electron chi connectivity index (χ2n) is 6.23. The third-order valence-electron chi connectivity index (χ3n) is 3.55. The number of carbonyl (C=O) groups is 1. The monoisotopic (exact) mass is 314 g/mol. The number of benzene rings is 2. The van der Waals surface area contributed by atoms with Crippen molar-refractivity contribution in [3.05, 3.63) is 53.6 Å². The Morgan fingerprint density at radius 3 is 2.00 bits per heavy atom. The van der Waals surface area contributed by atoms with Crippen LogP contribution in [0.25, 0.3) is 0 Å². The molecule has 0 aliphatic rings. The first-order valence-corrected chi connectivity index (χ1v) is 7.40. The van der Waals surface area contributed by atoms with Gasteiger partial charge in [0.25, 0.3) is 0 Å². The third-order valence-corrected chi connectivity index (χ3v) is 3.55. The molecule has 23 heavy (non-hydrogen) atoms. The third kappa shape index (κ3) is 4.03. The molecule has 0 aromatic heterocycles. The number of hydrogen-bond donors (Lipinski definition) is 0. The minimum Gasteiger partial charge on any atom is -0.493 e. The van der Waals surface area contributed by atoms with E-state index in [4.69, 9.17) is 14.2 Å². The fraction of sp³-hybridized carbons (Fsp3) is 0.316. The molecule has 122 valence electrons. The lowest BCUT2D eigenvalue weighted by Gasteiger charge is -2.19. The van der Waals surface area contributed by atoms with E-state index in [0.717, 1.165) is 0 Å². The van der Waals surface area contributed by atoms with Crippen LogP contribution in [0.4, 0.5) is 0 Å². The highest BCUT2D eigenvalue weighted by molar-refractivity contribution is 5.91. The predicted octanol–water partition coefficient (Wildman–Crippen LogP) is 4.22. The zero-order valence-corrected chi connectivity index (χ0v) is 14.2. The standard InChI is InChI=1S/C19H22O4/c1-19(2,3)14-7-9-15(10-8-14)23-18(20)13-6-11-16(21-4)17(12-13)22-5/h6-12H,1-5H3. The van der Waals surface area contributed by atoms with E-state index < -0.39 is 5.97 Å². The molecule has 0 amide bonds. The normalized spacial score (nSPS) is 11.0. The van der Waals surface area contributed by atoms with E-state index in [2.05, 4.69) is 20.8 Å². The van der Waals surface area contributed by atoms with Gasteiger partial charge in [-0.15, -0.1) is 0 Å². The number of esters is 1. The molecule has 0 atom stereocenters. The molecule has 0 bridgehead atoms. The molecule has 0 aliphatic heterocycles. The fourth-order valence-electron chi connectivity index (χ4n) is 2.15. The first-order chi connectivity index (χ1) is 10.8. The van der Waals surface area contributed by atoms with E-state index in [1.165, 1.54) is 12.7 Å². The Hall–Kier alpha value is -2.49. The highest BCUT2D eigenvalue weighted by atomic mass is 16.5. The van der Waals surface area contributed by atoms with Gasteiger partial charge in [0.2, 0.25) is 0 Å². The minimum absolute atomic E-state index is 0.0614. The van der Waals surface area contributed by atoms with E-state index in [-0.39, 0.29) is 5.41 Å². The molecule has 0 N–H and O–H groups in total. The number of rotatable bonds is 4. The van der Waals surface area contributed by atoms with Gasteiger partial charge in [-0.2, -0.15) is 0 Å². The van der Waals surface area contributed by atoms with Crippen molar-refractivity contribution in [3.63, 3.8) is 0 Å². The van der Waals surface area contributed by atoms with Crippen molar-refractivity contribution in [2.75, 3.05) is 14.2 Å². The summed E-state index contributed by atoms with van der Waals surface area (Å²) in [5.74, 6) is 1.14. The van der Waals surface area contributed by atoms with Crippen molar-refractivity contribution < 1.29 is 19.0 Å². The van der Waals surface area contributed by atoms with Crippen LogP contribution in [0.2, 0.25) is 0 Å². The summed E-state index contributed by atoms with van der Waals surface area (Å²) >= 11 is 0. The molecule has 4 heteroatoms. The number of hydrogen-bond acceptors (Lipinski definition) is 4. The largest absolute Gasteiger partial charge is 0.493 e. The van der Waals surface area contributed by atoms with Crippen LogP contribution in [-0.4, -0.2) is 20.2 Å². The van der Waals surface area contributed by atoms with Gasteiger partial charge < -0.3 is 14.2 Å². The van der Waals surface area contributed by atoms with Crippen LogP contribution < -0.4 is 14.2 Å². The second-order valence-corrected chi connectivity index (χ2v) is 6.23. The average Bonchev–Trinajstić information content (AvgIpc) is 2.53. The number of methoxy groups -OCH3 is 2. The molecule has 0 saturated heterocycles. The van der Waals surface area contributed by atoms with Crippen LogP contribution in [0, 0.1) is 0 Å². The summed E-state index contributed by atoms with van der Waals surface area (Å²) in [6, 6.07) is 12.5. The Morgan fingerprint density at radius 1 is 0.870 bits per heavy atom. The fourth-order valence-corrected chi connectivity index (χ4v) is 2.15. The Labute approximate surface area is 137 Å². The van der Waals surface area contributed by atoms with Gasteiger partial charge in [0.1, 0.15) is 5.75 Å². The molecule has 0 radical (unpaired) electrons. The maximum Gasteiger partial charge on any atom is 0.343 e. The molecule has 0 saturated carbocycles. The van der Waals surface area contributed by atoms with Crippen LogP contribution in [0.1, 0.15) is 36.7 Å². The van der Waals surface area contributed by atoms with Gasteiger partial charge in [-0.05, 0) is 41.3 Å². The molecule has 0 aliphatic carbocycles. The Balaban J connectivity index is 2.16. The summed E-state index contributed by atoms with van der Waals surface area (Å²) in [4.78, 5) is 12.2. The smallest absolute Gasteiger partial charge is 0.343 e. The summed E-state index contributed by atoms with van der Waals surface area (Å²) in [5, 5.41) is 0. The van der Waals surface area contributed by atoms with Gasteiger partial charge in [0, 0.05) is 0 Å². The molecular formula is C19H22O4. The molecule has 0 fully saturated rings. The molecule has 2 aromatic rings. The van der Waals surface area contributed by atoms with Crippen molar-refractivity contribution >= 4 is 5.97 Å². The summed E-state index contributed by atoms with van der Waals surface area (Å²) in [6.07, 6.45) is 0. The van der Waals surface area contributed by atoms with Crippen LogP contribution in [0.3, 0.4) is 0 Å². The van der Waals surface area contributed by atoms with Crippen LogP contribution in [0.5, 0.6) is 17.2 Å². The van der Waals surface area contributed by atoms with Gasteiger partial charge >= 0.3 is 5.97 Å². The zero-order valence-electron chi connectivity index (χ0n) is 14.2. The van der Waals surface area contributed by atoms with E-state index in [9.17, 15) is 4.79 Å². The Kier molecular flexibility index (Phi) is 4.94. The SMILES string of the molecule is COc1ccc(C(=O)Oc2ccc(C(C)(C)C)cc2)cc1OC. The highest BCUT2D eigenvalue weighted by Crippen LogP contribution is 2.28. The Morgan fingerprint density at radius 2 is 1.48 bits per heavy atom. The molecular weight excluding hydrogens is 292 g/mol. The maximum absolute atomic E-state index is 12.2.